The Balaban J connectivity index is 1.15. The highest BCUT2D eigenvalue weighted by atomic mass is 16.3. The van der Waals surface area contributed by atoms with Crippen molar-refractivity contribution in [2.24, 2.45) is 0 Å². The molecule has 0 saturated carbocycles. The van der Waals surface area contributed by atoms with Gasteiger partial charge in [0, 0.05) is 62.0 Å². The Morgan fingerprint density at radius 3 is 1.89 bits per heavy atom. The Morgan fingerprint density at radius 1 is 0.474 bits per heavy atom. The van der Waals surface area contributed by atoms with E-state index < -0.39 is 0 Å². The van der Waals surface area contributed by atoms with E-state index in [2.05, 4.69) is 198 Å². The lowest BCUT2D eigenvalue weighted by Gasteiger charge is -2.44. The number of fused-ring (bicyclic) bond motifs is 7. The van der Waals surface area contributed by atoms with Gasteiger partial charge in [0.25, 0.3) is 6.71 Å². The second-order valence-electron chi connectivity index (χ2n) is 15.2. The number of aryl methyl sites for hydroxylation is 1. The lowest BCUT2D eigenvalue weighted by molar-refractivity contribution is 0.669. The van der Waals surface area contributed by atoms with Crippen molar-refractivity contribution in [3.8, 4) is 0 Å². The molecule has 2 aliphatic heterocycles. The molecule has 0 N–H and O–H groups in total. The third kappa shape index (κ3) is 5.45. The second kappa shape index (κ2) is 13.6. The van der Waals surface area contributed by atoms with Crippen LogP contribution in [0.4, 0.5) is 51.2 Å². The highest BCUT2D eigenvalue weighted by molar-refractivity contribution is 7.00. The first-order chi connectivity index (χ1) is 28.2. The second-order valence-corrected chi connectivity index (χ2v) is 15.2. The van der Waals surface area contributed by atoms with E-state index in [-0.39, 0.29) is 6.71 Å². The molecule has 0 amide bonds. The Labute approximate surface area is 333 Å². The van der Waals surface area contributed by atoms with Gasteiger partial charge in [-0.25, -0.2) is 0 Å². The van der Waals surface area contributed by atoms with Gasteiger partial charge >= 0.3 is 0 Å². The first-order valence-corrected chi connectivity index (χ1v) is 20.1. The summed E-state index contributed by atoms with van der Waals surface area (Å²) in [6.07, 6.45) is 3.46. The SMILES string of the molecule is CCCCc1ccc(N2c3cc(N(c4ccccc4)c4ccc5oc6ccccc6c5c4)ccc3B3c4ccccc4N(c4ccccc4)c4cccc2c43)cc1. The van der Waals surface area contributed by atoms with Crippen LogP contribution >= 0.6 is 0 Å². The summed E-state index contributed by atoms with van der Waals surface area (Å²) in [5.41, 5.74) is 17.5. The van der Waals surface area contributed by atoms with E-state index in [1.807, 2.05) is 12.1 Å². The van der Waals surface area contributed by atoms with Gasteiger partial charge in [-0.05, 0) is 126 Å². The van der Waals surface area contributed by atoms with Crippen LogP contribution in [-0.4, -0.2) is 6.71 Å². The minimum absolute atomic E-state index is 0.0512. The van der Waals surface area contributed by atoms with Crippen LogP contribution < -0.4 is 31.1 Å². The van der Waals surface area contributed by atoms with E-state index in [9.17, 15) is 0 Å². The lowest BCUT2D eigenvalue weighted by Crippen LogP contribution is -2.61. The number of nitrogens with zero attached hydrogens (tertiary/aromatic N) is 3. The molecule has 4 nitrogen and oxygen atoms in total. The normalized spacial score (nSPS) is 12.8. The first kappa shape index (κ1) is 33.4. The Bertz CT molecular complexity index is 2920. The average Bonchev–Trinajstić information content (AvgIpc) is 3.65. The molecule has 9 aromatic rings. The number of unbranched alkanes of at least 4 members (excludes halogenated alkanes) is 1. The molecule has 0 saturated heterocycles. The van der Waals surface area contributed by atoms with Gasteiger partial charge in [0.05, 0.1) is 0 Å². The van der Waals surface area contributed by atoms with E-state index in [0.29, 0.717) is 0 Å². The third-order valence-corrected chi connectivity index (χ3v) is 11.8. The predicted octanol–water partition coefficient (Wildman–Crippen LogP) is 12.5. The first-order valence-electron chi connectivity index (χ1n) is 20.1. The Kier molecular flexibility index (Phi) is 7.99. The third-order valence-electron chi connectivity index (χ3n) is 11.8. The van der Waals surface area contributed by atoms with Gasteiger partial charge in [-0.1, -0.05) is 110 Å². The number of furan rings is 1. The van der Waals surface area contributed by atoms with Crippen molar-refractivity contribution in [1.82, 2.24) is 0 Å². The standard InChI is InChI=1S/C52H40BN3O/c1-2-3-15-36-26-28-39(29-27-36)56-48-24-14-23-47-52(48)53(44-21-11-12-22-46(44)55(47)38-18-8-5-9-19-38)45-32-30-41(35-49(45)56)54(37-16-6-4-7-17-37)40-31-33-51-43(34-40)42-20-10-13-25-50(42)57-51/h4-14,16-35H,2-3,15H2,1H3. The molecule has 272 valence electrons. The lowest BCUT2D eigenvalue weighted by atomic mass is 9.33. The smallest absolute Gasteiger partial charge is 0.252 e. The summed E-state index contributed by atoms with van der Waals surface area (Å²) in [6, 6.07) is 68.6. The van der Waals surface area contributed by atoms with Gasteiger partial charge in [0.1, 0.15) is 11.2 Å². The molecule has 0 atom stereocenters. The van der Waals surface area contributed by atoms with Crippen LogP contribution in [0.1, 0.15) is 25.3 Å². The molecule has 57 heavy (non-hydrogen) atoms. The number of rotatable bonds is 8. The zero-order chi connectivity index (χ0) is 37.9. The van der Waals surface area contributed by atoms with Gasteiger partial charge < -0.3 is 19.1 Å². The van der Waals surface area contributed by atoms with E-state index >= 15 is 0 Å². The zero-order valence-electron chi connectivity index (χ0n) is 31.8. The fourth-order valence-corrected chi connectivity index (χ4v) is 9.21. The minimum atomic E-state index is 0.0512. The summed E-state index contributed by atoms with van der Waals surface area (Å²) in [4.78, 5) is 7.33. The number of benzene rings is 8. The molecule has 0 bridgehead atoms. The number of hydrogen-bond donors (Lipinski definition) is 0. The molecular weight excluding hydrogens is 693 g/mol. The fraction of sp³-hybridized carbons (Fsp3) is 0.0769. The van der Waals surface area contributed by atoms with Gasteiger partial charge in [0.15, 0.2) is 0 Å². The highest BCUT2D eigenvalue weighted by Crippen LogP contribution is 2.46. The van der Waals surface area contributed by atoms with Crippen molar-refractivity contribution in [3.05, 3.63) is 194 Å². The molecule has 0 radical (unpaired) electrons. The molecule has 8 aromatic carbocycles. The van der Waals surface area contributed by atoms with Crippen LogP contribution in [0.2, 0.25) is 0 Å². The minimum Gasteiger partial charge on any atom is -0.456 e. The molecule has 0 fully saturated rings. The number of hydrogen-bond acceptors (Lipinski definition) is 4. The zero-order valence-corrected chi connectivity index (χ0v) is 31.8. The van der Waals surface area contributed by atoms with Crippen LogP contribution in [-0.2, 0) is 6.42 Å². The molecule has 0 spiro atoms. The van der Waals surface area contributed by atoms with Crippen molar-refractivity contribution >= 4 is 96.2 Å². The Hall–Kier alpha value is -6.98. The quantitative estimate of drug-likeness (QED) is 0.145. The maximum absolute atomic E-state index is 6.27. The average molecular weight is 734 g/mol. The molecule has 5 heteroatoms. The summed E-state index contributed by atoms with van der Waals surface area (Å²) in [5, 5.41) is 2.23. The van der Waals surface area contributed by atoms with Gasteiger partial charge in [0.2, 0.25) is 0 Å². The molecule has 11 rings (SSSR count). The van der Waals surface area contributed by atoms with Crippen LogP contribution in [0.3, 0.4) is 0 Å². The summed E-state index contributed by atoms with van der Waals surface area (Å²) in [6.45, 7) is 2.31. The summed E-state index contributed by atoms with van der Waals surface area (Å²) in [7, 11) is 0. The summed E-state index contributed by atoms with van der Waals surface area (Å²) >= 11 is 0. The van der Waals surface area contributed by atoms with Crippen LogP contribution in [0.5, 0.6) is 0 Å². The van der Waals surface area contributed by atoms with Crippen LogP contribution in [0.25, 0.3) is 21.9 Å². The number of para-hydroxylation sites is 4. The van der Waals surface area contributed by atoms with Crippen molar-refractivity contribution in [2.75, 3.05) is 14.7 Å². The van der Waals surface area contributed by atoms with Gasteiger partial charge in [-0.15, -0.1) is 0 Å². The van der Waals surface area contributed by atoms with Crippen molar-refractivity contribution in [1.29, 1.82) is 0 Å². The predicted molar refractivity (Wildman–Crippen MR) is 241 cm³/mol. The maximum Gasteiger partial charge on any atom is 0.252 e. The highest BCUT2D eigenvalue weighted by Gasteiger charge is 2.43. The van der Waals surface area contributed by atoms with E-state index in [4.69, 9.17) is 4.42 Å². The van der Waals surface area contributed by atoms with Crippen LogP contribution in [0, 0.1) is 0 Å². The van der Waals surface area contributed by atoms with E-state index in [1.54, 1.807) is 0 Å². The molecule has 0 aliphatic carbocycles. The summed E-state index contributed by atoms with van der Waals surface area (Å²) < 4.78 is 6.27. The largest absolute Gasteiger partial charge is 0.456 e. The van der Waals surface area contributed by atoms with E-state index in [1.165, 1.54) is 57.5 Å². The molecule has 3 heterocycles. The monoisotopic (exact) mass is 733 g/mol. The molecular formula is C52H40BN3O. The summed E-state index contributed by atoms with van der Waals surface area (Å²) in [5.74, 6) is 0. The van der Waals surface area contributed by atoms with Gasteiger partial charge in [-0.3, -0.25) is 0 Å². The number of anilines is 9. The van der Waals surface area contributed by atoms with Crippen molar-refractivity contribution in [2.45, 2.75) is 26.2 Å². The van der Waals surface area contributed by atoms with Crippen LogP contribution in [0.15, 0.2) is 192 Å². The fourth-order valence-electron chi connectivity index (χ4n) is 9.21. The topological polar surface area (TPSA) is 22.9 Å². The van der Waals surface area contributed by atoms with E-state index in [0.717, 1.165) is 56.8 Å². The van der Waals surface area contributed by atoms with Crippen molar-refractivity contribution < 1.29 is 4.42 Å². The molecule has 2 aliphatic rings. The van der Waals surface area contributed by atoms with Crippen molar-refractivity contribution in [3.63, 3.8) is 0 Å². The Morgan fingerprint density at radius 2 is 1.09 bits per heavy atom. The maximum atomic E-state index is 6.27. The van der Waals surface area contributed by atoms with Gasteiger partial charge in [-0.2, -0.15) is 0 Å². The molecule has 0 unspecified atom stereocenters. The molecule has 1 aromatic heterocycles.